The molecule has 2 aromatic rings. The normalized spacial score (nSPS) is 12.4. The van der Waals surface area contributed by atoms with Crippen LogP contribution in [0.1, 0.15) is 22.3 Å². The molecule has 2 rings (SSSR count). The Balaban J connectivity index is 2.07. The Morgan fingerprint density at radius 2 is 1.63 bits per heavy atom. The molecule has 1 nitrogen and oxygen atoms in total. The second kappa shape index (κ2) is 6.23. The van der Waals surface area contributed by atoms with E-state index >= 15 is 0 Å². The lowest BCUT2D eigenvalue weighted by molar-refractivity contribution is 0.660. The van der Waals surface area contributed by atoms with E-state index in [4.69, 9.17) is 17.3 Å². The van der Waals surface area contributed by atoms with Crippen molar-refractivity contribution in [2.75, 3.05) is 0 Å². The molecule has 0 radical (unpaired) electrons. The molecular weight excluding hydrogens is 254 g/mol. The summed E-state index contributed by atoms with van der Waals surface area (Å²) in [5.74, 6) is 0. The highest BCUT2D eigenvalue weighted by Crippen LogP contribution is 2.17. The van der Waals surface area contributed by atoms with E-state index in [0.29, 0.717) is 0 Å². The molecule has 2 heteroatoms. The highest BCUT2D eigenvalue weighted by Gasteiger charge is 2.09. The van der Waals surface area contributed by atoms with E-state index in [1.807, 2.05) is 18.2 Å². The molecule has 0 saturated heterocycles. The quantitative estimate of drug-likeness (QED) is 0.893. The van der Waals surface area contributed by atoms with Crippen LogP contribution in [0.5, 0.6) is 0 Å². The monoisotopic (exact) mass is 273 g/mol. The van der Waals surface area contributed by atoms with Crippen molar-refractivity contribution in [2.24, 2.45) is 5.73 Å². The molecule has 0 amide bonds. The van der Waals surface area contributed by atoms with E-state index in [1.54, 1.807) is 0 Å². The predicted molar refractivity (Wildman–Crippen MR) is 82.8 cm³/mol. The number of nitrogens with two attached hydrogens (primary N) is 1. The highest BCUT2D eigenvalue weighted by molar-refractivity contribution is 6.30. The van der Waals surface area contributed by atoms with Gasteiger partial charge in [0, 0.05) is 11.1 Å². The minimum absolute atomic E-state index is 0.123. The molecule has 0 bridgehead atoms. The Morgan fingerprint density at radius 1 is 1.00 bits per heavy atom. The van der Waals surface area contributed by atoms with Crippen LogP contribution in [0.4, 0.5) is 0 Å². The molecule has 1 unspecified atom stereocenters. The zero-order chi connectivity index (χ0) is 13.8. The van der Waals surface area contributed by atoms with Crippen LogP contribution in [0.25, 0.3) is 0 Å². The molecule has 1 atom stereocenters. The maximum absolute atomic E-state index is 6.28. The average molecular weight is 274 g/mol. The van der Waals surface area contributed by atoms with Crippen LogP contribution in [0.2, 0.25) is 5.02 Å². The van der Waals surface area contributed by atoms with E-state index in [0.717, 1.165) is 17.9 Å². The van der Waals surface area contributed by atoms with E-state index in [9.17, 15) is 0 Å². The largest absolute Gasteiger partial charge is 0.327 e. The van der Waals surface area contributed by atoms with Crippen molar-refractivity contribution < 1.29 is 0 Å². The standard InChI is InChI=1S/C17H20ClN/c1-12-5-3-6-13(2)17(12)11-16(19)10-14-7-4-8-15(18)9-14/h3-9,16H,10-11,19H2,1-2H3. The van der Waals surface area contributed by atoms with Gasteiger partial charge in [-0.1, -0.05) is 41.9 Å². The second-order valence-electron chi connectivity index (χ2n) is 5.17. The molecule has 100 valence electrons. The fourth-order valence-corrected chi connectivity index (χ4v) is 2.68. The van der Waals surface area contributed by atoms with Gasteiger partial charge in [-0.2, -0.15) is 0 Å². The van der Waals surface area contributed by atoms with Gasteiger partial charge in [0.1, 0.15) is 0 Å². The molecule has 0 aliphatic carbocycles. The average Bonchev–Trinajstić information content (AvgIpc) is 2.34. The lowest BCUT2D eigenvalue weighted by Crippen LogP contribution is -2.26. The van der Waals surface area contributed by atoms with Gasteiger partial charge in [-0.25, -0.2) is 0 Å². The first-order chi connectivity index (χ1) is 9.06. The molecular formula is C17H20ClN. The van der Waals surface area contributed by atoms with Crippen LogP contribution in [0, 0.1) is 13.8 Å². The van der Waals surface area contributed by atoms with Gasteiger partial charge < -0.3 is 5.73 Å². The molecule has 0 fully saturated rings. The Hall–Kier alpha value is -1.31. The number of aryl methyl sites for hydroxylation is 2. The summed E-state index contributed by atoms with van der Waals surface area (Å²) >= 11 is 6.00. The first-order valence-electron chi connectivity index (χ1n) is 6.61. The zero-order valence-corrected chi connectivity index (χ0v) is 12.2. The molecule has 0 heterocycles. The summed E-state index contributed by atoms with van der Waals surface area (Å²) in [5, 5.41) is 0.775. The van der Waals surface area contributed by atoms with Gasteiger partial charge in [0.15, 0.2) is 0 Å². The van der Waals surface area contributed by atoms with Gasteiger partial charge in [-0.3, -0.25) is 0 Å². The van der Waals surface area contributed by atoms with Crippen molar-refractivity contribution in [3.8, 4) is 0 Å². The van der Waals surface area contributed by atoms with Crippen LogP contribution in [0.15, 0.2) is 42.5 Å². The summed E-state index contributed by atoms with van der Waals surface area (Å²) in [5.41, 5.74) is 11.5. The summed E-state index contributed by atoms with van der Waals surface area (Å²) in [7, 11) is 0. The van der Waals surface area contributed by atoms with E-state index in [-0.39, 0.29) is 6.04 Å². The van der Waals surface area contributed by atoms with Crippen molar-refractivity contribution in [3.63, 3.8) is 0 Å². The van der Waals surface area contributed by atoms with Gasteiger partial charge in [-0.05, 0) is 61.1 Å². The summed E-state index contributed by atoms with van der Waals surface area (Å²) < 4.78 is 0. The van der Waals surface area contributed by atoms with Crippen molar-refractivity contribution in [1.29, 1.82) is 0 Å². The maximum Gasteiger partial charge on any atom is 0.0408 e. The van der Waals surface area contributed by atoms with Crippen molar-refractivity contribution in [1.82, 2.24) is 0 Å². The zero-order valence-electron chi connectivity index (χ0n) is 11.5. The van der Waals surface area contributed by atoms with Crippen LogP contribution >= 0.6 is 11.6 Å². The Morgan fingerprint density at radius 3 is 2.26 bits per heavy atom. The smallest absolute Gasteiger partial charge is 0.0408 e. The molecule has 0 spiro atoms. The predicted octanol–water partition coefficient (Wildman–Crippen LogP) is 4.07. The molecule has 19 heavy (non-hydrogen) atoms. The second-order valence-corrected chi connectivity index (χ2v) is 5.61. The van der Waals surface area contributed by atoms with Gasteiger partial charge in [-0.15, -0.1) is 0 Å². The Labute approximate surface area is 120 Å². The highest BCUT2D eigenvalue weighted by atomic mass is 35.5. The van der Waals surface area contributed by atoms with E-state index in [2.05, 4.69) is 38.1 Å². The Bertz CT molecular complexity index is 543. The maximum atomic E-state index is 6.28. The molecule has 0 aliphatic heterocycles. The Kier molecular flexibility index (Phi) is 4.62. The lowest BCUT2D eigenvalue weighted by atomic mass is 9.94. The molecule has 0 aromatic heterocycles. The molecule has 0 saturated carbocycles. The van der Waals surface area contributed by atoms with Crippen molar-refractivity contribution >= 4 is 11.6 Å². The van der Waals surface area contributed by atoms with Crippen LogP contribution < -0.4 is 5.73 Å². The number of hydrogen-bond acceptors (Lipinski definition) is 1. The number of benzene rings is 2. The first-order valence-corrected chi connectivity index (χ1v) is 6.99. The van der Waals surface area contributed by atoms with E-state index < -0.39 is 0 Å². The summed E-state index contributed by atoms with van der Waals surface area (Å²) in [6.07, 6.45) is 1.76. The van der Waals surface area contributed by atoms with Gasteiger partial charge >= 0.3 is 0 Å². The van der Waals surface area contributed by atoms with Crippen LogP contribution in [-0.2, 0) is 12.8 Å². The summed E-state index contributed by atoms with van der Waals surface area (Å²) in [4.78, 5) is 0. The fourth-order valence-electron chi connectivity index (χ4n) is 2.47. The molecule has 0 aliphatic rings. The molecule has 2 aromatic carbocycles. The number of hydrogen-bond donors (Lipinski definition) is 1. The van der Waals surface area contributed by atoms with Gasteiger partial charge in [0.2, 0.25) is 0 Å². The summed E-state index contributed by atoms with van der Waals surface area (Å²) in [6, 6.07) is 14.5. The minimum Gasteiger partial charge on any atom is -0.327 e. The fraction of sp³-hybridized carbons (Fsp3) is 0.294. The topological polar surface area (TPSA) is 26.0 Å². The van der Waals surface area contributed by atoms with Crippen molar-refractivity contribution in [2.45, 2.75) is 32.7 Å². The third kappa shape index (κ3) is 3.82. The van der Waals surface area contributed by atoms with Crippen LogP contribution in [0.3, 0.4) is 0 Å². The first kappa shape index (κ1) is 14.1. The third-order valence-electron chi connectivity index (χ3n) is 3.50. The number of rotatable bonds is 4. The van der Waals surface area contributed by atoms with Gasteiger partial charge in [0.05, 0.1) is 0 Å². The number of halogens is 1. The van der Waals surface area contributed by atoms with Crippen molar-refractivity contribution in [3.05, 3.63) is 69.7 Å². The van der Waals surface area contributed by atoms with Gasteiger partial charge in [0.25, 0.3) is 0 Å². The van der Waals surface area contributed by atoms with E-state index in [1.165, 1.54) is 22.3 Å². The lowest BCUT2D eigenvalue weighted by Gasteiger charge is -2.16. The minimum atomic E-state index is 0.123. The third-order valence-corrected chi connectivity index (χ3v) is 3.73. The van der Waals surface area contributed by atoms with Crippen LogP contribution in [-0.4, -0.2) is 6.04 Å². The SMILES string of the molecule is Cc1cccc(C)c1CC(N)Cc1cccc(Cl)c1. The summed E-state index contributed by atoms with van der Waals surface area (Å²) in [6.45, 7) is 4.29. The molecule has 2 N–H and O–H groups in total.